The Balaban J connectivity index is 1.56. The number of hydrogen-bond acceptors (Lipinski definition) is 6. The number of hydrogen-bond donors (Lipinski definition) is 1. The molecule has 4 rings (SSSR count). The van der Waals surface area contributed by atoms with Gasteiger partial charge >= 0.3 is 0 Å². The molecule has 0 spiro atoms. The molecule has 1 aromatic heterocycles. The van der Waals surface area contributed by atoms with Crippen LogP contribution in [0.5, 0.6) is 0 Å². The zero-order chi connectivity index (χ0) is 19.8. The van der Waals surface area contributed by atoms with Gasteiger partial charge in [0.2, 0.25) is 0 Å². The molecule has 1 fully saturated rings. The maximum absolute atomic E-state index is 14.3. The average Bonchev–Trinajstić information content (AvgIpc) is 3.47. The van der Waals surface area contributed by atoms with Crippen molar-refractivity contribution >= 4 is 28.9 Å². The van der Waals surface area contributed by atoms with Crippen LogP contribution in [-0.2, 0) is 0 Å². The number of anilines is 2. The molecule has 2 unspecified atom stereocenters. The van der Waals surface area contributed by atoms with E-state index in [-0.39, 0.29) is 34.8 Å². The van der Waals surface area contributed by atoms with Crippen molar-refractivity contribution < 1.29 is 9.18 Å². The molecule has 2 aromatic rings. The Bertz CT molecular complexity index is 973. The molecule has 6 nitrogen and oxygen atoms in total. The highest BCUT2D eigenvalue weighted by Gasteiger charge is 2.36. The topological polar surface area (TPSA) is 92.1 Å². The van der Waals surface area contributed by atoms with E-state index in [1.807, 2.05) is 0 Å². The fraction of sp³-hybridized carbons (Fsp3) is 0.350. The van der Waals surface area contributed by atoms with E-state index in [1.165, 1.54) is 0 Å². The van der Waals surface area contributed by atoms with Crippen LogP contribution in [0.2, 0.25) is 5.15 Å². The molecule has 0 radical (unpaired) electrons. The molecule has 28 heavy (non-hydrogen) atoms. The molecule has 1 aromatic carbocycles. The van der Waals surface area contributed by atoms with Crippen molar-refractivity contribution in [2.24, 2.45) is 5.92 Å². The molecular weight excluding hydrogens is 383 g/mol. The SMILES string of the molecule is N#Cc1cc(F)c(NC(CC2CC2)CC2C(=O)c3ccccc3N2[O-])nc1Cl. The molecule has 0 amide bonds. The smallest absolute Gasteiger partial charge is 0.186 e. The summed E-state index contributed by atoms with van der Waals surface area (Å²) in [5.74, 6) is -0.510. The first kappa shape index (κ1) is 18.7. The summed E-state index contributed by atoms with van der Waals surface area (Å²) in [6.45, 7) is 0. The van der Waals surface area contributed by atoms with Crippen LogP contribution in [0.25, 0.3) is 0 Å². The van der Waals surface area contributed by atoms with Crippen molar-refractivity contribution in [3.63, 3.8) is 0 Å². The first-order valence-corrected chi connectivity index (χ1v) is 9.48. The summed E-state index contributed by atoms with van der Waals surface area (Å²) >= 11 is 5.93. The molecule has 2 atom stereocenters. The van der Waals surface area contributed by atoms with Gasteiger partial charge in [-0.1, -0.05) is 36.6 Å². The summed E-state index contributed by atoms with van der Waals surface area (Å²) in [4.78, 5) is 16.6. The molecule has 1 N–H and O–H groups in total. The van der Waals surface area contributed by atoms with Crippen LogP contribution in [0.3, 0.4) is 0 Å². The number of hydroxylamine groups is 1. The third-order valence-electron chi connectivity index (χ3n) is 5.21. The highest BCUT2D eigenvalue weighted by molar-refractivity contribution is 6.30. The van der Waals surface area contributed by atoms with Crippen LogP contribution in [0, 0.1) is 28.3 Å². The van der Waals surface area contributed by atoms with Gasteiger partial charge in [0.25, 0.3) is 0 Å². The zero-order valence-corrected chi connectivity index (χ0v) is 15.6. The molecule has 1 aliphatic carbocycles. The number of para-hydroxylation sites is 1. The van der Waals surface area contributed by atoms with Crippen molar-refractivity contribution in [1.82, 2.24) is 4.98 Å². The number of fused-ring (bicyclic) bond motifs is 1. The Morgan fingerprint density at radius 1 is 1.39 bits per heavy atom. The van der Waals surface area contributed by atoms with E-state index in [0.29, 0.717) is 23.6 Å². The third kappa shape index (κ3) is 3.53. The predicted octanol–water partition coefficient (Wildman–Crippen LogP) is 4.29. The minimum Gasteiger partial charge on any atom is -0.758 e. The second kappa shape index (κ2) is 7.38. The Hall–Kier alpha value is -2.69. The second-order valence-corrected chi connectivity index (χ2v) is 7.61. The van der Waals surface area contributed by atoms with Crippen LogP contribution in [0.4, 0.5) is 15.9 Å². The van der Waals surface area contributed by atoms with Gasteiger partial charge in [-0.05, 0) is 37.0 Å². The van der Waals surface area contributed by atoms with E-state index >= 15 is 0 Å². The highest BCUT2D eigenvalue weighted by atomic mass is 35.5. The summed E-state index contributed by atoms with van der Waals surface area (Å²) in [6, 6.07) is 8.36. The molecule has 2 aliphatic rings. The number of nitrogens with one attached hydrogen (secondary N) is 1. The van der Waals surface area contributed by atoms with E-state index in [4.69, 9.17) is 16.9 Å². The first-order valence-electron chi connectivity index (χ1n) is 9.10. The number of carbonyl (C=O) groups is 1. The van der Waals surface area contributed by atoms with Crippen LogP contribution in [0.15, 0.2) is 30.3 Å². The summed E-state index contributed by atoms with van der Waals surface area (Å²) in [6.07, 6.45) is 3.07. The van der Waals surface area contributed by atoms with E-state index in [1.54, 1.807) is 30.3 Å². The maximum Gasteiger partial charge on any atom is 0.186 e. The number of nitriles is 1. The summed E-state index contributed by atoms with van der Waals surface area (Å²) in [5, 5.41) is 25.2. The number of nitrogens with zero attached hydrogens (tertiary/aromatic N) is 3. The number of aromatic nitrogens is 1. The largest absolute Gasteiger partial charge is 0.758 e. The van der Waals surface area contributed by atoms with Gasteiger partial charge in [-0.15, -0.1) is 0 Å². The zero-order valence-electron chi connectivity index (χ0n) is 14.9. The standard InChI is InChI=1S/C20H17ClFN4O2/c21-19-12(10-23)8-15(22)20(25-19)24-13(7-11-5-6-11)9-17-18(27)14-3-1-2-4-16(14)26(17)28/h1-4,8,11,13,17H,5-7,9H2,(H,24,25)/q-1. The number of ketones is 1. The fourth-order valence-electron chi connectivity index (χ4n) is 3.61. The number of carbonyl (C=O) groups excluding carboxylic acids is 1. The van der Waals surface area contributed by atoms with E-state index < -0.39 is 11.9 Å². The van der Waals surface area contributed by atoms with Gasteiger partial charge in [0.1, 0.15) is 11.2 Å². The van der Waals surface area contributed by atoms with Gasteiger partial charge in [-0.25, -0.2) is 9.37 Å². The third-order valence-corrected chi connectivity index (χ3v) is 5.49. The molecule has 1 aliphatic heterocycles. The van der Waals surface area contributed by atoms with Gasteiger partial charge in [0.15, 0.2) is 17.4 Å². The van der Waals surface area contributed by atoms with Gasteiger partial charge in [-0.2, -0.15) is 5.26 Å². The molecule has 8 heteroatoms. The monoisotopic (exact) mass is 399 g/mol. The molecule has 0 bridgehead atoms. The van der Waals surface area contributed by atoms with Crippen LogP contribution in [0.1, 0.15) is 41.6 Å². The minimum atomic E-state index is -0.856. The number of pyridine rings is 1. The molecule has 2 heterocycles. The van der Waals surface area contributed by atoms with E-state index in [9.17, 15) is 14.4 Å². The lowest BCUT2D eigenvalue weighted by molar-refractivity contribution is 0.0966. The lowest BCUT2D eigenvalue weighted by Gasteiger charge is -2.34. The van der Waals surface area contributed by atoms with Crippen LogP contribution >= 0.6 is 11.6 Å². The summed E-state index contributed by atoms with van der Waals surface area (Å²) < 4.78 is 14.3. The average molecular weight is 400 g/mol. The number of benzene rings is 1. The van der Waals surface area contributed by atoms with Gasteiger partial charge in [-0.3, -0.25) is 4.79 Å². The first-order chi connectivity index (χ1) is 13.5. The normalized spacial score (nSPS) is 19.3. The van der Waals surface area contributed by atoms with Gasteiger partial charge in [0.05, 0.1) is 11.6 Å². The van der Waals surface area contributed by atoms with Gasteiger partial charge in [0, 0.05) is 17.3 Å². The second-order valence-electron chi connectivity index (χ2n) is 7.25. The molecule has 1 saturated carbocycles. The van der Waals surface area contributed by atoms with Crippen molar-refractivity contribution in [2.75, 3.05) is 10.4 Å². The Morgan fingerprint density at radius 3 is 2.82 bits per heavy atom. The summed E-state index contributed by atoms with van der Waals surface area (Å²) in [7, 11) is 0. The number of halogens is 2. The lowest BCUT2D eigenvalue weighted by atomic mass is 9.98. The number of Topliss-reactive ketones (excluding diaryl/α,β-unsaturated/α-hetero) is 1. The lowest BCUT2D eigenvalue weighted by Crippen LogP contribution is -2.37. The van der Waals surface area contributed by atoms with Crippen molar-refractivity contribution in [2.45, 2.75) is 37.8 Å². The number of rotatable bonds is 6. The fourth-order valence-corrected chi connectivity index (χ4v) is 3.79. The van der Waals surface area contributed by atoms with E-state index in [0.717, 1.165) is 24.0 Å². The van der Waals surface area contributed by atoms with Crippen LogP contribution in [-0.4, -0.2) is 22.9 Å². The van der Waals surface area contributed by atoms with Gasteiger partial charge < -0.3 is 15.6 Å². The Morgan fingerprint density at radius 2 is 2.14 bits per heavy atom. The van der Waals surface area contributed by atoms with Crippen LogP contribution < -0.4 is 10.4 Å². The highest BCUT2D eigenvalue weighted by Crippen LogP contribution is 2.38. The Kier molecular flexibility index (Phi) is 4.92. The quantitative estimate of drug-likeness (QED) is 0.728. The maximum atomic E-state index is 14.3. The summed E-state index contributed by atoms with van der Waals surface area (Å²) in [5.41, 5.74) is 0.738. The minimum absolute atomic E-state index is 0.0457. The van der Waals surface area contributed by atoms with E-state index in [2.05, 4.69) is 10.3 Å². The molecule has 144 valence electrons. The molecule has 0 saturated heterocycles. The predicted molar refractivity (Wildman–Crippen MR) is 104 cm³/mol. The van der Waals surface area contributed by atoms with Crippen molar-refractivity contribution in [3.8, 4) is 6.07 Å². The molecular formula is C20H17ClFN4O2-. The van der Waals surface area contributed by atoms with Crippen molar-refractivity contribution in [3.05, 3.63) is 57.6 Å². The Labute approximate surface area is 166 Å². The van der Waals surface area contributed by atoms with Crippen molar-refractivity contribution in [1.29, 1.82) is 5.26 Å².